The lowest BCUT2D eigenvalue weighted by Gasteiger charge is -2.32. The Morgan fingerprint density at radius 1 is 1.17 bits per heavy atom. The molecule has 2 unspecified atom stereocenters. The average Bonchev–Trinajstić information content (AvgIpc) is 2.83. The van der Waals surface area contributed by atoms with E-state index in [4.69, 9.17) is 0 Å². The maximum absolute atomic E-state index is 12.3. The van der Waals surface area contributed by atoms with E-state index in [9.17, 15) is 4.79 Å². The summed E-state index contributed by atoms with van der Waals surface area (Å²) in [6.45, 7) is 3.11. The number of nitrogens with zero attached hydrogens (tertiary/aromatic N) is 1. The van der Waals surface area contributed by atoms with Gasteiger partial charge in [-0.15, -0.1) is 12.4 Å². The Morgan fingerprint density at radius 2 is 1.78 bits per heavy atom. The minimum Gasteiger partial charge on any atom is -0.342 e. The van der Waals surface area contributed by atoms with E-state index in [0.717, 1.165) is 37.4 Å². The summed E-state index contributed by atoms with van der Waals surface area (Å²) >= 11 is 0. The molecule has 0 aromatic rings. The number of nitrogens with one attached hydrogen (secondary N) is 1. The van der Waals surface area contributed by atoms with Crippen molar-refractivity contribution in [3.05, 3.63) is 0 Å². The zero-order valence-corrected chi connectivity index (χ0v) is 12.0. The summed E-state index contributed by atoms with van der Waals surface area (Å²) in [5, 5.41) is 3.25. The molecule has 4 heteroatoms. The van der Waals surface area contributed by atoms with Gasteiger partial charge in [-0.1, -0.05) is 6.42 Å². The van der Waals surface area contributed by atoms with Crippen molar-refractivity contribution in [3.8, 4) is 0 Å². The summed E-state index contributed by atoms with van der Waals surface area (Å²) in [4.78, 5) is 14.5. The third kappa shape index (κ3) is 2.53. The van der Waals surface area contributed by atoms with Crippen LogP contribution in [0.2, 0.25) is 0 Å². The van der Waals surface area contributed by atoms with Crippen molar-refractivity contribution in [2.75, 3.05) is 26.7 Å². The van der Waals surface area contributed by atoms with Crippen molar-refractivity contribution in [3.63, 3.8) is 0 Å². The van der Waals surface area contributed by atoms with Gasteiger partial charge in [-0.2, -0.15) is 0 Å². The number of piperidine rings is 1. The molecule has 2 saturated carbocycles. The molecular formula is C14H25ClN2O. The SMILES string of the molecule is CNCC1CCN(C(=O)C2C3CCCC32)CC1.Cl. The van der Waals surface area contributed by atoms with Crippen LogP contribution in [0, 0.1) is 23.7 Å². The molecule has 0 bridgehead atoms. The molecule has 1 aliphatic heterocycles. The lowest BCUT2D eigenvalue weighted by molar-refractivity contribution is -0.134. The highest BCUT2D eigenvalue weighted by Crippen LogP contribution is 2.58. The van der Waals surface area contributed by atoms with Gasteiger partial charge in [0.1, 0.15) is 0 Å². The first-order valence-corrected chi connectivity index (χ1v) is 7.24. The maximum Gasteiger partial charge on any atom is 0.226 e. The first-order chi connectivity index (χ1) is 8.31. The smallest absolute Gasteiger partial charge is 0.226 e. The summed E-state index contributed by atoms with van der Waals surface area (Å²) in [7, 11) is 2.02. The van der Waals surface area contributed by atoms with Crippen LogP contribution in [0.15, 0.2) is 0 Å². The highest BCUT2D eigenvalue weighted by Gasteiger charge is 2.57. The predicted octanol–water partition coefficient (Wildman–Crippen LogP) is 1.91. The van der Waals surface area contributed by atoms with E-state index in [0.29, 0.717) is 11.8 Å². The molecule has 104 valence electrons. The van der Waals surface area contributed by atoms with Gasteiger partial charge >= 0.3 is 0 Å². The van der Waals surface area contributed by atoms with Crippen molar-refractivity contribution < 1.29 is 4.79 Å². The fourth-order valence-electron chi connectivity index (χ4n) is 4.04. The molecule has 3 nitrogen and oxygen atoms in total. The maximum atomic E-state index is 12.3. The summed E-state index contributed by atoms with van der Waals surface area (Å²) in [6.07, 6.45) is 6.38. The van der Waals surface area contributed by atoms with Crippen LogP contribution in [0.3, 0.4) is 0 Å². The van der Waals surface area contributed by atoms with Crippen LogP contribution < -0.4 is 5.32 Å². The van der Waals surface area contributed by atoms with Gasteiger partial charge in [-0.05, 0) is 57.0 Å². The predicted molar refractivity (Wildman–Crippen MR) is 74.8 cm³/mol. The van der Waals surface area contributed by atoms with E-state index in [1.165, 1.54) is 32.1 Å². The van der Waals surface area contributed by atoms with Gasteiger partial charge in [-0.25, -0.2) is 0 Å². The Balaban J connectivity index is 0.00000120. The molecule has 0 radical (unpaired) electrons. The number of likely N-dealkylation sites (tertiary alicyclic amines) is 1. The molecule has 0 aromatic carbocycles. The highest BCUT2D eigenvalue weighted by molar-refractivity contribution is 5.85. The lowest BCUT2D eigenvalue weighted by Crippen LogP contribution is -2.41. The summed E-state index contributed by atoms with van der Waals surface area (Å²) in [5.41, 5.74) is 0. The largest absolute Gasteiger partial charge is 0.342 e. The third-order valence-electron chi connectivity index (χ3n) is 5.11. The molecule has 3 rings (SSSR count). The number of hydrogen-bond donors (Lipinski definition) is 1. The standard InChI is InChI=1S/C14H24N2O.ClH/c1-15-9-10-5-7-16(8-6-10)14(17)13-11-3-2-4-12(11)13;/h10-13,15H,2-9H2,1H3;1H. The molecular weight excluding hydrogens is 248 g/mol. The Labute approximate surface area is 116 Å². The van der Waals surface area contributed by atoms with Gasteiger partial charge < -0.3 is 10.2 Å². The highest BCUT2D eigenvalue weighted by atomic mass is 35.5. The first kappa shape index (κ1) is 14.1. The fraction of sp³-hybridized carbons (Fsp3) is 0.929. The summed E-state index contributed by atoms with van der Waals surface area (Å²) < 4.78 is 0. The Kier molecular flexibility index (Phi) is 4.54. The van der Waals surface area contributed by atoms with Crippen LogP contribution in [0.1, 0.15) is 32.1 Å². The topological polar surface area (TPSA) is 32.3 Å². The quantitative estimate of drug-likeness (QED) is 0.851. The van der Waals surface area contributed by atoms with E-state index in [2.05, 4.69) is 10.2 Å². The number of carbonyl (C=O) groups is 1. The van der Waals surface area contributed by atoms with Crippen molar-refractivity contribution in [2.45, 2.75) is 32.1 Å². The first-order valence-electron chi connectivity index (χ1n) is 7.24. The van der Waals surface area contributed by atoms with Gasteiger partial charge in [0.2, 0.25) is 5.91 Å². The van der Waals surface area contributed by atoms with Gasteiger partial charge in [0.15, 0.2) is 0 Å². The van der Waals surface area contributed by atoms with Gasteiger partial charge in [0.05, 0.1) is 0 Å². The van der Waals surface area contributed by atoms with Crippen molar-refractivity contribution in [1.29, 1.82) is 0 Å². The molecule has 0 aromatic heterocycles. The molecule has 1 amide bonds. The molecule has 1 heterocycles. The number of amides is 1. The number of fused-ring (bicyclic) bond motifs is 1. The van der Waals surface area contributed by atoms with E-state index < -0.39 is 0 Å². The van der Waals surface area contributed by atoms with Crippen molar-refractivity contribution in [2.24, 2.45) is 23.7 Å². The van der Waals surface area contributed by atoms with E-state index >= 15 is 0 Å². The van der Waals surface area contributed by atoms with Crippen LogP contribution >= 0.6 is 12.4 Å². The molecule has 1 N–H and O–H groups in total. The zero-order valence-electron chi connectivity index (χ0n) is 11.2. The molecule has 18 heavy (non-hydrogen) atoms. The third-order valence-corrected chi connectivity index (χ3v) is 5.11. The van der Waals surface area contributed by atoms with Crippen molar-refractivity contribution >= 4 is 18.3 Å². The van der Waals surface area contributed by atoms with Gasteiger partial charge in [0, 0.05) is 19.0 Å². The molecule has 2 atom stereocenters. The number of rotatable bonds is 3. The normalized spacial score (nSPS) is 34.9. The average molecular weight is 273 g/mol. The van der Waals surface area contributed by atoms with Crippen LogP contribution in [-0.2, 0) is 4.79 Å². The van der Waals surface area contributed by atoms with Gasteiger partial charge in [-0.3, -0.25) is 4.79 Å². The van der Waals surface area contributed by atoms with E-state index in [-0.39, 0.29) is 12.4 Å². The van der Waals surface area contributed by atoms with Crippen LogP contribution in [0.4, 0.5) is 0 Å². The monoisotopic (exact) mass is 272 g/mol. The second-order valence-electron chi connectivity index (χ2n) is 6.11. The van der Waals surface area contributed by atoms with Gasteiger partial charge in [0.25, 0.3) is 0 Å². The Hall–Kier alpha value is -0.280. The molecule has 2 aliphatic carbocycles. The van der Waals surface area contributed by atoms with Crippen LogP contribution in [0.5, 0.6) is 0 Å². The lowest BCUT2D eigenvalue weighted by atomic mass is 9.96. The van der Waals surface area contributed by atoms with Crippen LogP contribution in [-0.4, -0.2) is 37.5 Å². The second kappa shape index (κ2) is 5.79. The number of hydrogen-bond acceptors (Lipinski definition) is 2. The summed E-state index contributed by atoms with van der Waals surface area (Å²) in [6, 6.07) is 0. The second-order valence-corrected chi connectivity index (χ2v) is 6.11. The molecule has 3 aliphatic rings. The minimum atomic E-state index is 0. The fourth-order valence-corrected chi connectivity index (χ4v) is 4.04. The van der Waals surface area contributed by atoms with E-state index in [1.54, 1.807) is 0 Å². The minimum absolute atomic E-state index is 0. The Bertz CT molecular complexity index is 292. The number of halogens is 1. The van der Waals surface area contributed by atoms with Crippen molar-refractivity contribution in [1.82, 2.24) is 10.2 Å². The van der Waals surface area contributed by atoms with Crippen LogP contribution in [0.25, 0.3) is 0 Å². The van der Waals surface area contributed by atoms with E-state index in [1.807, 2.05) is 7.05 Å². The summed E-state index contributed by atoms with van der Waals surface area (Å²) in [5.74, 6) is 3.25. The Morgan fingerprint density at radius 3 is 2.33 bits per heavy atom. The molecule has 1 saturated heterocycles. The molecule has 3 fully saturated rings. The zero-order chi connectivity index (χ0) is 11.8. The number of carbonyl (C=O) groups excluding carboxylic acids is 1. The molecule has 0 spiro atoms.